The fraction of sp³-hybridized carbons (Fsp3) is 0.944. The molecule has 1 N–H and O–H groups in total. The summed E-state index contributed by atoms with van der Waals surface area (Å²) in [5.41, 5.74) is -0.997. The molecule has 12 heteroatoms. The van der Waals surface area contributed by atoms with Crippen LogP contribution in [0, 0.1) is 16.7 Å². The molecule has 0 bridgehead atoms. The molecule has 0 aliphatic carbocycles. The second-order valence-corrected chi connectivity index (χ2v) is 9.42. The van der Waals surface area contributed by atoms with Gasteiger partial charge in [0.25, 0.3) is 0 Å². The second-order valence-electron chi connectivity index (χ2n) is 9.42. The molecule has 0 saturated heterocycles. The monoisotopic (exact) mass is 462 g/mol. The van der Waals surface area contributed by atoms with Gasteiger partial charge in [-0.05, 0) is 17.3 Å². The van der Waals surface area contributed by atoms with Gasteiger partial charge in [-0.25, -0.2) is 0 Å². The highest BCUT2D eigenvalue weighted by molar-refractivity contribution is 5.73. The molecule has 0 aromatic carbocycles. The largest absolute Gasteiger partial charge is 0.465 e. The number of carbonyl (C=O) groups is 1. The van der Waals surface area contributed by atoms with Crippen LogP contribution in [-0.2, 0) is 9.53 Å². The summed E-state index contributed by atoms with van der Waals surface area (Å²) < 4.78 is 121. The summed E-state index contributed by atoms with van der Waals surface area (Å²) in [6.07, 6.45) is -11.8. The van der Waals surface area contributed by atoms with Crippen molar-refractivity contribution in [1.29, 1.82) is 0 Å². The van der Waals surface area contributed by atoms with Gasteiger partial charge in [0.05, 0.1) is 12.5 Å². The first-order valence-electron chi connectivity index (χ1n) is 8.94. The van der Waals surface area contributed by atoms with Gasteiger partial charge in [-0.1, -0.05) is 41.5 Å². The van der Waals surface area contributed by atoms with E-state index in [1.54, 1.807) is 20.8 Å². The van der Waals surface area contributed by atoms with Crippen molar-refractivity contribution >= 4 is 5.97 Å². The summed E-state index contributed by atoms with van der Waals surface area (Å²) in [5, 5.41) is 9.22. The lowest BCUT2D eigenvalue weighted by molar-refractivity contribution is -0.406. The molecule has 0 saturated carbocycles. The number of ether oxygens (including phenoxy) is 1. The van der Waals surface area contributed by atoms with E-state index in [1.807, 2.05) is 20.8 Å². The zero-order chi connectivity index (χ0) is 24.6. The first-order chi connectivity index (χ1) is 12.9. The first-order valence-corrected chi connectivity index (χ1v) is 8.94. The van der Waals surface area contributed by atoms with Crippen molar-refractivity contribution in [3.05, 3.63) is 0 Å². The predicted molar refractivity (Wildman–Crippen MR) is 89.5 cm³/mol. The third-order valence-electron chi connectivity index (χ3n) is 4.37. The zero-order valence-electron chi connectivity index (χ0n) is 17.4. The molecule has 0 spiro atoms. The van der Waals surface area contributed by atoms with Gasteiger partial charge in [-0.2, -0.15) is 39.5 Å². The molecule has 0 aromatic heterocycles. The van der Waals surface area contributed by atoms with Crippen molar-refractivity contribution in [3.8, 4) is 0 Å². The molecule has 2 atom stereocenters. The van der Waals surface area contributed by atoms with Crippen LogP contribution in [0.2, 0.25) is 0 Å². The Balaban J connectivity index is 5.28. The maximum atomic E-state index is 13.6. The number of alkyl halides is 9. The van der Waals surface area contributed by atoms with Gasteiger partial charge < -0.3 is 9.84 Å². The third kappa shape index (κ3) is 6.40. The molecule has 0 heterocycles. The lowest BCUT2D eigenvalue weighted by Crippen LogP contribution is -2.64. The molecule has 0 aliphatic rings. The summed E-state index contributed by atoms with van der Waals surface area (Å²) in [7, 11) is 0. The minimum Gasteiger partial charge on any atom is -0.465 e. The minimum atomic E-state index is -7.09. The van der Waals surface area contributed by atoms with Crippen molar-refractivity contribution in [3.63, 3.8) is 0 Å². The van der Waals surface area contributed by atoms with Gasteiger partial charge in [0.2, 0.25) is 0 Å². The van der Waals surface area contributed by atoms with E-state index in [-0.39, 0.29) is 5.41 Å². The summed E-state index contributed by atoms with van der Waals surface area (Å²) in [6, 6.07) is 0. The Morgan fingerprint density at radius 1 is 0.833 bits per heavy atom. The molecule has 30 heavy (non-hydrogen) atoms. The lowest BCUT2D eigenvalue weighted by Gasteiger charge is -2.36. The molecule has 0 rings (SSSR count). The fourth-order valence-electron chi connectivity index (χ4n) is 2.51. The number of aliphatic hydroxyl groups excluding tert-OH is 1. The highest BCUT2D eigenvalue weighted by Gasteiger charge is 2.82. The normalized spacial score (nSPS) is 16.9. The fourth-order valence-corrected chi connectivity index (χ4v) is 2.51. The van der Waals surface area contributed by atoms with E-state index in [9.17, 15) is 49.4 Å². The van der Waals surface area contributed by atoms with Gasteiger partial charge >= 0.3 is 29.9 Å². The number of hydrogen-bond donors (Lipinski definition) is 1. The van der Waals surface area contributed by atoms with Gasteiger partial charge in [-0.15, -0.1) is 0 Å². The maximum absolute atomic E-state index is 13.6. The Morgan fingerprint density at radius 3 is 1.60 bits per heavy atom. The van der Waals surface area contributed by atoms with E-state index in [0.717, 1.165) is 0 Å². The first kappa shape index (κ1) is 28.8. The van der Waals surface area contributed by atoms with Crippen molar-refractivity contribution < 1.29 is 54.2 Å². The molecule has 180 valence electrons. The molecule has 0 amide bonds. The summed E-state index contributed by atoms with van der Waals surface area (Å²) in [4.78, 5) is 12.3. The predicted octanol–water partition coefficient (Wildman–Crippen LogP) is 5.85. The van der Waals surface area contributed by atoms with Crippen LogP contribution >= 0.6 is 0 Å². The van der Waals surface area contributed by atoms with Crippen LogP contribution < -0.4 is 0 Å². The molecular weight excluding hydrogens is 435 g/mol. The Hall–Kier alpha value is -1.20. The second kappa shape index (κ2) is 8.74. The molecular formula is C18H27F9O3. The van der Waals surface area contributed by atoms with Crippen LogP contribution in [0.5, 0.6) is 0 Å². The zero-order valence-corrected chi connectivity index (χ0v) is 17.4. The number of esters is 1. The van der Waals surface area contributed by atoms with E-state index in [2.05, 4.69) is 0 Å². The SMILES string of the molecule is CC(C)(C)CC(C(=O)OCCC(O)C(F)(F)C(F)(F)C(F)(F)C(F)(F)F)C(C)(C)C. The van der Waals surface area contributed by atoms with Crippen molar-refractivity contribution in [2.24, 2.45) is 16.7 Å². The van der Waals surface area contributed by atoms with E-state index in [1.165, 1.54) is 0 Å². The average molecular weight is 462 g/mol. The van der Waals surface area contributed by atoms with E-state index in [4.69, 9.17) is 4.74 Å². The minimum absolute atomic E-state index is 0.296. The molecule has 0 fully saturated rings. The van der Waals surface area contributed by atoms with Crippen LogP contribution in [0.25, 0.3) is 0 Å². The summed E-state index contributed by atoms with van der Waals surface area (Å²) in [6.45, 7) is 9.42. The molecule has 2 unspecified atom stereocenters. The molecule has 0 radical (unpaired) electrons. The van der Waals surface area contributed by atoms with Crippen LogP contribution in [0.15, 0.2) is 0 Å². The highest BCUT2D eigenvalue weighted by atomic mass is 19.4. The summed E-state index contributed by atoms with van der Waals surface area (Å²) in [5.74, 6) is -21.8. The number of halogens is 9. The quantitative estimate of drug-likeness (QED) is 0.364. The Bertz CT molecular complexity index is 587. The van der Waals surface area contributed by atoms with Crippen LogP contribution in [0.3, 0.4) is 0 Å². The number of carbonyl (C=O) groups excluding carboxylic acids is 1. The highest BCUT2D eigenvalue weighted by Crippen LogP contribution is 2.54. The van der Waals surface area contributed by atoms with Gasteiger partial charge in [-0.3, -0.25) is 4.79 Å². The number of aliphatic hydroxyl groups is 1. The van der Waals surface area contributed by atoms with Crippen molar-refractivity contribution in [2.75, 3.05) is 6.61 Å². The summed E-state index contributed by atoms with van der Waals surface area (Å²) >= 11 is 0. The van der Waals surface area contributed by atoms with Crippen LogP contribution in [0.4, 0.5) is 39.5 Å². The Labute approximate surface area is 169 Å². The van der Waals surface area contributed by atoms with Gasteiger partial charge in [0, 0.05) is 6.42 Å². The maximum Gasteiger partial charge on any atom is 0.460 e. The van der Waals surface area contributed by atoms with Crippen molar-refractivity contribution in [1.82, 2.24) is 0 Å². The van der Waals surface area contributed by atoms with E-state index in [0.29, 0.717) is 6.42 Å². The average Bonchev–Trinajstić information content (AvgIpc) is 2.48. The molecule has 3 nitrogen and oxygen atoms in total. The molecule has 0 aliphatic heterocycles. The number of hydrogen-bond acceptors (Lipinski definition) is 3. The molecule has 0 aromatic rings. The Kier molecular flexibility index (Phi) is 8.39. The topological polar surface area (TPSA) is 46.5 Å². The van der Waals surface area contributed by atoms with Crippen LogP contribution in [0.1, 0.15) is 54.4 Å². The van der Waals surface area contributed by atoms with Crippen molar-refractivity contribution in [2.45, 2.75) is 84.4 Å². The van der Waals surface area contributed by atoms with E-state index >= 15 is 0 Å². The standard InChI is InChI=1S/C18H27F9O3/c1-13(2,3)9-10(14(4,5)6)12(29)30-8-7-11(28)15(19,20)16(21,22)17(23,24)18(25,26)27/h10-11,28H,7-9H2,1-6H3. The lowest BCUT2D eigenvalue weighted by atomic mass is 9.72. The smallest absolute Gasteiger partial charge is 0.460 e. The third-order valence-corrected chi connectivity index (χ3v) is 4.37. The van der Waals surface area contributed by atoms with Crippen LogP contribution in [-0.4, -0.2) is 47.7 Å². The van der Waals surface area contributed by atoms with Gasteiger partial charge in [0.15, 0.2) is 0 Å². The van der Waals surface area contributed by atoms with Gasteiger partial charge in [0.1, 0.15) is 6.10 Å². The Morgan fingerprint density at radius 2 is 1.27 bits per heavy atom. The van der Waals surface area contributed by atoms with E-state index < -0.39 is 60.4 Å². The number of rotatable bonds is 8.